The summed E-state index contributed by atoms with van der Waals surface area (Å²) in [4.78, 5) is 36.5. The zero-order valence-electron chi connectivity index (χ0n) is 24.6. The van der Waals surface area contributed by atoms with E-state index in [1.807, 2.05) is 61.5 Å². The first-order chi connectivity index (χ1) is 16.0. The lowest BCUT2D eigenvalue weighted by molar-refractivity contribution is -0.297. The van der Waals surface area contributed by atoms with Crippen LogP contribution in [0.1, 0.15) is 96.4 Å². The first kappa shape index (κ1) is 37.8. The van der Waals surface area contributed by atoms with Gasteiger partial charge in [-0.05, 0) is 85.7 Å². The topological polar surface area (TPSA) is 88.1 Å². The first-order valence-electron chi connectivity index (χ1n) is 12.4. The summed E-state index contributed by atoms with van der Waals surface area (Å²) in [6.45, 7) is 24.7. The van der Waals surface area contributed by atoms with Crippen molar-refractivity contribution in [3.05, 3.63) is 23.3 Å². The Hall–Kier alpha value is -1.77. The maximum atomic E-state index is 10.9. The van der Waals surface area contributed by atoms with Gasteiger partial charge in [0.1, 0.15) is 24.1 Å². The third-order valence-corrected chi connectivity index (χ3v) is 9.15. The van der Waals surface area contributed by atoms with Gasteiger partial charge in [-0.15, -0.1) is 0 Å². The molecule has 0 amide bonds. The Labute approximate surface area is 215 Å². The van der Waals surface area contributed by atoms with Crippen LogP contribution in [0.15, 0.2) is 23.3 Å². The highest BCUT2D eigenvalue weighted by molar-refractivity contribution is 6.73. The number of hydrogen-bond acceptors (Lipinski definition) is 7. The molecule has 0 aliphatic rings. The minimum Gasteiger partial charge on any atom is -0.463 e. The number of carbonyl (C=O) groups excluding carboxylic acids is 3. The van der Waals surface area contributed by atoms with Crippen molar-refractivity contribution in [1.82, 2.24) is 0 Å². The van der Waals surface area contributed by atoms with E-state index in [1.54, 1.807) is 0 Å². The van der Waals surface area contributed by atoms with Crippen LogP contribution < -0.4 is 0 Å². The second kappa shape index (κ2) is 20.4. The molecular formula is C27H52O7Si. The van der Waals surface area contributed by atoms with Gasteiger partial charge >= 0.3 is 11.9 Å². The smallest absolute Gasteiger partial charge is 0.303 e. The molecule has 0 fully saturated rings. The van der Waals surface area contributed by atoms with E-state index in [4.69, 9.17) is 18.9 Å². The number of aldehydes is 1. The number of carbonyl (C=O) groups is 3. The number of ether oxygens (including phenoxy) is 2. The summed E-state index contributed by atoms with van der Waals surface area (Å²) >= 11 is 0. The largest absolute Gasteiger partial charge is 0.463 e. The third-order valence-electron chi connectivity index (χ3n) is 4.84. The van der Waals surface area contributed by atoms with E-state index in [0.717, 1.165) is 35.6 Å². The molecule has 0 aliphatic carbocycles. The summed E-state index contributed by atoms with van der Waals surface area (Å²) in [6.07, 6.45) is 4.57. The standard InChI is InChI=1S/C14H30O4Si.C8H14O2.C5H8O/c1-8-19(9-2,10-3)18-17-14(6,7)11-12(4)16-13(5)15;1-6(2)5-7(3)10-8(4)9;1-5(2)3-4-6/h12H,8-11H2,1-7H3;5,7H,1-4H3;3-4H,1-2H3. The summed E-state index contributed by atoms with van der Waals surface area (Å²) in [6, 6.07) is 3.15. The molecule has 2 unspecified atom stereocenters. The van der Waals surface area contributed by atoms with Crippen molar-refractivity contribution in [1.29, 1.82) is 0 Å². The average molecular weight is 517 g/mol. The Kier molecular flexibility index (Phi) is 22.0. The molecule has 0 saturated carbocycles. The van der Waals surface area contributed by atoms with Crippen LogP contribution in [0.3, 0.4) is 0 Å². The van der Waals surface area contributed by atoms with E-state index in [-0.39, 0.29) is 24.1 Å². The molecule has 2 atom stereocenters. The fraction of sp³-hybridized carbons (Fsp3) is 0.741. The molecule has 0 bridgehead atoms. The summed E-state index contributed by atoms with van der Waals surface area (Å²) < 4.78 is 15.8. The normalized spacial score (nSPS) is 12.4. The molecule has 0 spiro atoms. The molecule has 7 nitrogen and oxygen atoms in total. The van der Waals surface area contributed by atoms with E-state index in [0.29, 0.717) is 6.42 Å². The number of rotatable bonds is 12. The summed E-state index contributed by atoms with van der Waals surface area (Å²) in [5.74, 6) is -0.492. The third kappa shape index (κ3) is 25.1. The van der Waals surface area contributed by atoms with Gasteiger partial charge in [-0.2, -0.15) is 0 Å². The van der Waals surface area contributed by atoms with Crippen LogP contribution in [0.4, 0.5) is 0 Å². The van der Waals surface area contributed by atoms with Crippen molar-refractivity contribution >= 4 is 26.5 Å². The van der Waals surface area contributed by atoms with Gasteiger partial charge in [0, 0.05) is 20.3 Å². The van der Waals surface area contributed by atoms with Crippen LogP contribution in [0.25, 0.3) is 0 Å². The van der Waals surface area contributed by atoms with E-state index in [2.05, 4.69) is 20.8 Å². The fourth-order valence-electron chi connectivity index (χ4n) is 3.08. The van der Waals surface area contributed by atoms with Crippen LogP contribution in [0.5, 0.6) is 0 Å². The van der Waals surface area contributed by atoms with Crippen molar-refractivity contribution in [3.63, 3.8) is 0 Å². The molecule has 35 heavy (non-hydrogen) atoms. The molecule has 0 aromatic rings. The quantitative estimate of drug-likeness (QED) is 0.0519. The van der Waals surface area contributed by atoms with Crippen molar-refractivity contribution in [2.75, 3.05) is 0 Å². The molecule has 0 radical (unpaired) electrons. The maximum absolute atomic E-state index is 10.9. The molecule has 0 aromatic heterocycles. The zero-order valence-corrected chi connectivity index (χ0v) is 25.6. The molecule has 0 saturated heterocycles. The van der Waals surface area contributed by atoms with Gasteiger partial charge in [0.25, 0.3) is 0 Å². The van der Waals surface area contributed by atoms with Crippen LogP contribution in [0.2, 0.25) is 18.1 Å². The Morgan fingerprint density at radius 1 is 0.829 bits per heavy atom. The van der Waals surface area contributed by atoms with Crippen molar-refractivity contribution in [2.24, 2.45) is 0 Å². The van der Waals surface area contributed by atoms with E-state index in [9.17, 15) is 14.4 Å². The lowest BCUT2D eigenvalue weighted by Crippen LogP contribution is -2.41. The average Bonchev–Trinajstić information content (AvgIpc) is 2.68. The Bertz CT molecular complexity index is 648. The highest BCUT2D eigenvalue weighted by atomic mass is 28.4. The summed E-state index contributed by atoms with van der Waals surface area (Å²) in [5, 5.41) is 0. The number of esters is 2. The second-order valence-corrected chi connectivity index (χ2v) is 14.4. The molecule has 0 aliphatic heterocycles. The Morgan fingerprint density at radius 2 is 1.29 bits per heavy atom. The van der Waals surface area contributed by atoms with E-state index >= 15 is 0 Å². The maximum Gasteiger partial charge on any atom is 0.303 e. The highest BCUT2D eigenvalue weighted by Crippen LogP contribution is 2.27. The van der Waals surface area contributed by atoms with Crippen molar-refractivity contribution in [3.8, 4) is 0 Å². The van der Waals surface area contributed by atoms with Gasteiger partial charge in [-0.1, -0.05) is 31.9 Å². The molecule has 0 heterocycles. The van der Waals surface area contributed by atoms with Gasteiger partial charge in [0.15, 0.2) is 0 Å². The summed E-state index contributed by atoms with van der Waals surface area (Å²) in [7, 11) is -1.74. The van der Waals surface area contributed by atoms with Crippen LogP contribution >= 0.6 is 0 Å². The monoisotopic (exact) mass is 516 g/mol. The predicted octanol–water partition coefficient (Wildman–Crippen LogP) is 7.12. The SMILES string of the molecule is CC(=O)OC(C)C=C(C)C.CC(C)=CC=O.CC[Si](CC)(CC)OOC(C)(C)CC(C)OC(C)=O. The molecule has 206 valence electrons. The fourth-order valence-corrected chi connectivity index (χ4v) is 5.34. The molecule has 8 heteroatoms. The van der Waals surface area contributed by atoms with Gasteiger partial charge in [0.2, 0.25) is 8.32 Å². The highest BCUT2D eigenvalue weighted by Gasteiger charge is 2.34. The van der Waals surface area contributed by atoms with E-state index < -0.39 is 13.9 Å². The Balaban J connectivity index is -0.000000530. The summed E-state index contributed by atoms with van der Waals surface area (Å²) in [5.41, 5.74) is 1.76. The van der Waals surface area contributed by atoms with Gasteiger partial charge in [-0.25, -0.2) is 4.89 Å². The van der Waals surface area contributed by atoms with Gasteiger partial charge < -0.3 is 9.47 Å². The van der Waals surface area contributed by atoms with Gasteiger partial charge in [0.05, 0.1) is 0 Å². The number of allylic oxidation sites excluding steroid dienone is 3. The van der Waals surface area contributed by atoms with Crippen molar-refractivity contribution in [2.45, 2.75) is 132 Å². The van der Waals surface area contributed by atoms with Gasteiger partial charge in [-0.3, -0.25) is 19.0 Å². The molecule has 0 N–H and O–H groups in total. The van der Waals surface area contributed by atoms with Crippen LogP contribution in [0, 0.1) is 0 Å². The van der Waals surface area contributed by atoms with E-state index in [1.165, 1.54) is 19.9 Å². The second-order valence-electron chi connectivity index (χ2n) is 9.73. The van der Waals surface area contributed by atoms with Crippen LogP contribution in [-0.2, 0) is 33.3 Å². The molecule has 0 rings (SSSR count). The Morgan fingerprint density at radius 3 is 1.57 bits per heavy atom. The van der Waals surface area contributed by atoms with Crippen molar-refractivity contribution < 1.29 is 33.3 Å². The minimum absolute atomic E-state index is 0.0949. The molecule has 0 aromatic carbocycles. The minimum atomic E-state index is -1.74. The predicted molar refractivity (Wildman–Crippen MR) is 145 cm³/mol. The number of hydrogen-bond donors (Lipinski definition) is 0. The lowest BCUT2D eigenvalue weighted by atomic mass is 10.0. The van der Waals surface area contributed by atoms with Crippen LogP contribution in [-0.4, -0.2) is 44.4 Å². The lowest BCUT2D eigenvalue weighted by Gasteiger charge is -2.33. The zero-order chi connectivity index (χ0) is 28.2. The molecular weight excluding hydrogens is 464 g/mol. The first-order valence-corrected chi connectivity index (χ1v) is 15.0.